The Morgan fingerprint density at radius 3 is 2.18 bits per heavy atom. The number of nitrogens with zero attached hydrogens (tertiary/aromatic N) is 1. The van der Waals surface area contributed by atoms with E-state index in [-0.39, 0.29) is 13.0 Å². The second-order valence-electron chi connectivity index (χ2n) is 1.83. The molecule has 11 heavy (non-hydrogen) atoms. The van der Waals surface area contributed by atoms with E-state index in [2.05, 4.69) is 0 Å². The van der Waals surface area contributed by atoms with Crippen LogP contribution in [0.4, 0.5) is 0 Å². The maximum atomic E-state index is 10.2. The molecule has 8 heteroatoms. The zero-order chi connectivity index (χ0) is 9.07. The normalized spacial score (nSPS) is 14.4. The van der Waals surface area contributed by atoms with Gasteiger partial charge in [0, 0.05) is 17.9 Å². The molecule has 0 aliphatic carbocycles. The van der Waals surface area contributed by atoms with E-state index in [9.17, 15) is 18.5 Å². The smallest absolute Gasteiger partial charge is 0.330 e. The third-order valence-electron chi connectivity index (χ3n) is 0.993. The summed E-state index contributed by atoms with van der Waals surface area (Å²) in [6.45, 7) is -0.161. The summed E-state index contributed by atoms with van der Waals surface area (Å²) < 4.78 is 28.7. The van der Waals surface area contributed by atoms with Crippen molar-refractivity contribution in [2.24, 2.45) is 5.73 Å². The minimum atomic E-state index is -4.61. The summed E-state index contributed by atoms with van der Waals surface area (Å²) in [5.74, 6) is 0. The predicted molar refractivity (Wildman–Crippen MR) is 36.0 cm³/mol. The highest BCUT2D eigenvalue weighted by atomic mass is 32.2. The van der Waals surface area contributed by atoms with Gasteiger partial charge in [0.25, 0.3) is 0 Å². The highest BCUT2D eigenvalue weighted by Crippen LogP contribution is 2.02. The van der Waals surface area contributed by atoms with Gasteiger partial charge < -0.3 is 5.73 Å². The first kappa shape index (κ1) is 10.3. The zero-order valence-electron chi connectivity index (χ0n) is 5.50. The van der Waals surface area contributed by atoms with E-state index >= 15 is 0 Å². The first-order valence-corrected chi connectivity index (χ1v) is 4.19. The second-order valence-corrected chi connectivity index (χ2v) is 3.41. The molecule has 0 rings (SSSR count). The summed E-state index contributed by atoms with van der Waals surface area (Å²) in [5, 5.41) is 7.95. The van der Waals surface area contributed by atoms with Crippen LogP contribution in [0.1, 0.15) is 6.42 Å². The molecule has 0 aromatic heterocycles. The van der Waals surface area contributed by atoms with Gasteiger partial charge in [-0.25, -0.2) is 0 Å². The van der Waals surface area contributed by atoms with Crippen LogP contribution in [-0.4, -0.2) is 29.8 Å². The molecule has 0 heterocycles. The minimum Gasteiger partial charge on any atom is -0.330 e. The van der Waals surface area contributed by atoms with E-state index in [1.807, 2.05) is 0 Å². The van der Waals surface area contributed by atoms with Crippen LogP contribution in [0.2, 0.25) is 0 Å². The van der Waals surface area contributed by atoms with Gasteiger partial charge in [-0.15, -0.1) is 0 Å². The van der Waals surface area contributed by atoms with Crippen LogP contribution in [0.15, 0.2) is 0 Å². The Hall–Kier alpha value is -0.730. The van der Waals surface area contributed by atoms with Crippen LogP contribution in [0.5, 0.6) is 0 Å². The van der Waals surface area contributed by atoms with E-state index in [4.69, 9.17) is 10.3 Å². The largest absolute Gasteiger partial charge is 0.335 e. The van der Waals surface area contributed by atoms with Gasteiger partial charge in [-0.2, -0.15) is 8.42 Å². The molecule has 0 aliphatic heterocycles. The third kappa shape index (κ3) is 3.25. The maximum absolute atomic E-state index is 10.2. The quantitative estimate of drug-likeness (QED) is 0.322. The lowest BCUT2D eigenvalue weighted by molar-refractivity contribution is -0.498. The van der Waals surface area contributed by atoms with Crippen molar-refractivity contribution in [1.82, 2.24) is 0 Å². The standard InChI is InChI=1S/C3H8N2O5S/c4-2-1-3(5(6)7)11(8,9)10/h3H,1-2,4H2,(H,8,9,10). The second kappa shape index (κ2) is 3.60. The maximum Gasteiger partial charge on any atom is 0.335 e. The highest BCUT2D eigenvalue weighted by Gasteiger charge is 2.33. The van der Waals surface area contributed by atoms with Crippen molar-refractivity contribution >= 4 is 10.1 Å². The summed E-state index contributed by atoms with van der Waals surface area (Å²) in [6, 6.07) is 0. The molecule has 0 spiro atoms. The average Bonchev–Trinajstić information content (AvgIpc) is 1.79. The van der Waals surface area contributed by atoms with Gasteiger partial charge in [0.1, 0.15) is 0 Å². The van der Waals surface area contributed by atoms with Crippen molar-refractivity contribution in [1.29, 1.82) is 0 Å². The molecule has 0 amide bonds. The van der Waals surface area contributed by atoms with Crippen molar-refractivity contribution in [3.8, 4) is 0 Å². The average molecular weight is 184 g/mol. The van der Waals surface area contributed by atoms with Crippen molar-refractivity contribution in [3.63, 3.8) is 0 Å². The van der Waals surface area contributed by atoms with Crippen LogP contribution < -0.4 is 5.73 Å². The van der Waals surface area contributed by atoms with Crippen molar-refractivity contribution in [3.05, 3.63) is 10.1 Å². The first-order valence-electron chi connectivity index (χ1n) is 2.69. The van der Waals surface area contributed by atoms with Gasteiger partial charge in [0.2, 0.25) is 0 Å². The van der Waals surface area contributed by atoms with Crippen LogP contribution >= 0.6 is 0 Å². The van der Waals surface area contributed by atoms with Gasteiger partial charge >= 0.3 is 15.5 Å². The highest BCUT2D eigenvalue weighted by molar-refractivity contribution is 7.86. The molecule has 0 radical (unpaired) electrons. The molecular formula is C3H8N2O5S. The van der Waals surface area contributed by atoms with Crippen LogP contribution in [0.3, 0.4) is 0 Å². The molecular weight excluding hydrogens is 176 g/mol. The lowest BCUT2D eigenvalue weighted by Gasteiger charge is -2.02. The molecule has 0 bridgehead atoms. The number of hydrogen-bond donors (Lipinski definition) is 2. The van der Waals surface area contributed by atoms with E-state index in [0.717, 1.165) is 0 Å². The lowest BCUT2D eigenvalue weighted by atomic mass is 10.4. The van der Waals surface area contributed by atoms with Gasteiger partial charge in [0.15, 0.2) is 0 Å². The Balaban J connectivity index is 4.49. The first-order chi connectivity index (χ1) is 4.89. The SMILES string of the molecule is NCCC([N+](=O)[O-])S(=O)(=O)O. The molecule has 0 saturated heterocycles. The Morgan fingerprint density at radius 2 is 2.09 bits per heavy atom. The third-order valence-corrected chi connectivity index (χ3v) is 2.09. The topological polar surface area (TPSA) is 124 Å². The van der Waals surface area contributed by atoms with Gasteiger partial charge in [0.05, 0.1) is 0 Å². The van der Waals surface area contributed by atoms with Crippen LogP contribution in [0.25, 0.3) is 0 Å². The molecule has 0 aromatic carbocycles. The predicted octanol–water partition coefficient (Wildman–Crippen LogP) is -1.17. The zero-order valence-corrected chi connectivity index (χ0v) is 6.32. The molecule has 0 aromatic rings. The monoisotopic (exact) mass is 184 g/mol. The molecule has 0 aliphatic rings. The van der Waals surface area contributed by atoms with E-state index < -0.39 is 20.4 Å². The Morgan fingerprint density at radius 1 is 1.64 bits per heavy atom. The summed E-state index contributed by atoms with van der Waals surface area (Å²) >= 11 is 0. The Kier molecular flexibility index (Phi) is 3.36. The summed E-state index contributed by atoms with van der Waals surface area (Å²) in [7, 11) is -4.61. The lowest BCUT2D eigenvalue weighted by Crippen LogP contribution is -2.31. The fourth-order valence-electron chi connectivity index (χ4n) is 0.506. The van der Waals surface area contributed by atoms with Crippen molar-refractivity contribution in [2.45, 2.75) is 11.8 Å². The molecule has 0 saturated carbocycles. The Bertz CT molecular complexity index is 234. The van der Waals surface area contributed by atoms with Gasteiger partial charge in [-0.1, -0.05) is 0 Å². The van der Waals surface area contributed by atoms with E-state index in [1.165, 1.54) is 0 Å². The summed E-state index contributed by atoms with van der Waals surface area (Å²) in [6.07, 6.45) is -0.383. The van der Waals surface area contributed by atoms with Gasteiger partial charge in [-0.3, -0.25) is 14.7 Å². The fraction of sp³-hybridized carbons (Fsp3) is 1.00. The molecule has 1 unspecified atom stereocenters. The van der Waals surface area contributed by atoms with E-state index in [0.29, 0.717) is 0 Å². The number of rotatable bonds is 4. The molecule has 7 nitrogen and oxygen atoms in total. The van der Waals surface area contributed by atoms with Crippen LogP contribution in [-0.2, 0) is 10.1 Å². The Labute approximate surface area is 63.1 Å². The van der Waals surface area contributed by atoms with E-state index in [1.54, 1.807) is 0 Å². The molecule has 0 fully saturated rings. The van der Waals surface area contributed by atoms with Crippen molar-refractivity contribution < 1.29 is 17.9 Å². The van der Waals surface area contributed by atoms with Crippen LogP contribution in [0, 0.1) is 10.1 Å². The fourth-order valence-corrected chi connectivity index (χ4v) is 1.16. The minimum absolute atomic E-state index is 0.161. The number of nitro groups is 1. The molecule has 3 N–H and O–H groups in total. The summed E-state index contributed by atoms with van der Waals surface area (Å²) in [5.41, 5.74) is 4.88. The number of hydrogen-bond acceptors (Lipinski definition) is 5. The van der Waals surface area contributed by atoms with Crippen molar-refractivity contribution in [2.75, 3.05) is 6.54 Å². The summed E-state index contributed by atoms with van der Waals surface area (Å²) in [4.78, 5) is 8.87. The molecule has 1 atom stereocenters. The number of nitrogens with two attached hydrogens (primary N) is 1. The molecule has 66 valence electrons. The van der Waals surface area contributed by atoms with Gasteiger partial charge in [-0.05, 0) is 0 Å².